The molecule has 1 amide bonds. The quantitative estimate of drug-likeness (QED) is 0.573. The molecule has 0 saturated carbocycles. The molecule has 0 aliphatic carbocycles. The summed E-state index contributed by atoms with van der Waals surface area (Å²) < 4.78 is 0. The Balaban J connectivity index is 1.92. The van der Waals surface area contributed by atoms with Gasteiger partial charge in [0.25, 0.3) is 5.91 Å². The van der Waals surface area contributed by atoms with Crippen LogP contribution in [0.15, 0.2) is 12.1 Å². The van der Waals surface area contributed by atoms with Crippen LogP contribution < -0.4 is 10.6 Å². The summed E-state index contributed by atoms with van der Waals surface area (Å²) in [6.45, 7) is 5.82. The third kappa shape index (κ3) is 3.16. The maximum absolute atomic E-state index is 11.9. The van der Waals surface area contributed by atoms with E-state index in [1.165, 1.54) is 12.1 Å². The van der Waals surface area contributed by atoms with Gasteiger partial charge in [-0.2, -0.15) is 0 Å². The number of nitrogens with one attached hydrogen (secondary N) is 3. The van der Waals surface area contributed by atoms with Crippen LogP contribution in [0.25, 0.3) is 0 Å². The average molecular weight is 280 g/mol. The van der Waals surface area contributed by atoms with Crippen LogP contribution in [0.3, 0.4) is 0 Å². The number of carbonyl (C=O) groups excluding carboxylic acids is 1. The normalized spacial score (nSPS) is 21.4. The summed E-state index contributed by atoms with van der Waals surface area (Å²) in [5.41, 5.74) is 0.345. The highest BCUT2D eigenvalue weighted by Gasteiger charge is 2.32. The van der Waals surface area contributed by atoms with E-state index < -0.39 is 4.92 Å². The smallest absolute Gasteiger partial charge is 0.321 e. The molecule has 1 aliphatic rings. The second kappa shape index (κ2) is 5.62. The molecule has 7 heteroatoms. The summed E-state index contributed by atoms with van der Waals surface area (Å²) in [5, 5.41) is 16.8. The van der Waals surface area contributed by atoms with Crippen LogP contribution in [0, 0.1) is 15.5 Å². The third-order valence-corrected chi connectivity index (χ3v) is 3.91. The first-order valence-electron chi connectivity index (χ1n) is 6.75. The van der Waals surface area contributed by atoms with Gasteiger partial charge in [0.05, 0.1) is 0 Å². The maximum Gasteiger partial charge on any atom is 0.321 e. The lowest BCUT2D eigenvalue weighted by atomic mass is 9.77. The van der Waals surface area contributed by atoms with Crippen molar-refractivity contribution in [1.82, 2.24) is 15.6 Å². The Morgan fingerprint density at radius 3 is 2.90 bits per heavy atom. The van der Waals surface area contributed by atoms with Crippen LogP contribution in [0.4, 0.5) is 5.82 Å². The van der Waals surface area contributed by atoms with Crippen LogP contribution in [0.5, 0.6) is 0 Å². The molecule has 1 fully saturated rings. The first-order chi connectivity index (χ1) is 9.40. The van der Waals surface area contributed by atoms with Crippen molar-refractivity contribution in [2.24, 2.45) is 5.41 Å². The molecule has 0 bridgehead atoms. The van der Waals surface area contributed by atoms with Crippen LogP contribution in [0.1, 0.15) is 37.2 Å². The molecule has 1 aliphatic heterocycles. The fourth-order valence-corrected chi connectivity index (χ4v) is 2.53. The van der Waals surface area contributed by atoms with Crippen molar-refractivity contribution >= 4 is 11.7 Å². The van der Waals surface area contributed by atoms with Gasteiger partial charge in [-0.25, -0.2) is 4.98 Å². The lowest BCUT2D eigenvalue weighted by Crippen LogP contribution is -2.52. The molecule has 0 aromatic carbocycles. The SMILES string of the molecule is CC1(C)CCCNC1CNC(=O)c1ccc([N+](=O)[O-])[nH]1. The zero-order chi connectivity index (χ0) is 14.8. The van der Waals surface area contributed by atoms with E-state index in [-0.39, 0.29) is 28.9 Å². The highest BCUT2D eigenvalue weighted by molar-refractivity contribution is 5.92. The minimum atomic E-state index is -0.553. The lowest BCUT2D eigenvalue weighted by molar-refractivity contribution is -0.389. The van der Waals surface area contributed by atoms with Crippen molar-refractivity contribution in [3.63, 3.8) is 0 Å². The molecule has 2 rings (SSSR count). The second-order valence-corrected chi connectivity index (χ2v) is 5.82. The fourth-order valence-electron chi connectivity index (χ4n) is 2.53. The average Bonchev–Trinajstić information content (AvgIpc) is 2.86. The fraction of sp³-hybridized carbons (Fsp3) is 0.615. The zero-order valence-electron chi connectivity index (χ0n) is 11.7. The van der Waals surface area contributed by atoms with Crippen molar-refractivity contribution in [3.05, 3.63) is 27.9 Å². The number of hydrogen-bond acceptors (Lipinski definition) is 4. The number of aromatic amines is 1. The zero-order valence-corrected chi connectivity index (χ0v) is 11.7. The third-order valence-electron chi connectivity index (χ3n) is 3.91. The molecule has 0 spiro atoms. The van der Waals surface area contributed by atoms with Gasteiger partial charge in [-0.3, -0.25) is 4.79 Å². The number of nitro groups is 1. The molecule has 1 atom stereocenters. The number of amides is 1. The molecule has 2 heterocycles. The van der Waals surface area contributed by atoms with Crippen molar-refractivity contribution in [2.75, 3.05) is 13.1 Å². The summed E-state index contributed by atoms with van der Waals surface area (Å²) in [4.78, 5) is 24.4. The van der Waals surface area contributed by atoms with Gasteiger partial charge in [0, 0.05) is 18.7 Å². The number of H-pyrrole nitrogens is 1. The van der Waals surface area contributed by atoms with E-state index >= 15 is 0 Å². The molecule has 0 radical (unpaired) electrons. The first-order valence-corrected chi connectivity index (χ1v) is 6.75. The van der Waals surface area contributed by atoms with Gasteiger partial charge >= 0.3 is 5.82 Å². The lowest BCUT2D eigenvalue weighted by Gasteiger charge is -2.39. The number of piperidine rings is 1. The number of aromatic nitrogens is 1. The molecule has 1 aromatic heterocycles. The monoisotopic (exact) mass is 280 g/mol. The van der Waals surface area contributed by atoms with E-state index in [0.29, 0.717) is 6.54 Å². The van der Waals surface area contributed by atoms with Gasteiger partial charge in [-0.05, 0) is 35.8 Å². The minimum Gasteiger partial charge on any atom is -0.358 e. The molecule has 1 saturated heterocycles. The first kappa shape index (κ1) is 14.5. The Kier molecular flexibility index (Phi) is 4.08. The Morgan fingerprint density at radius 2 is 2.30 bits per heavy atom. The van der Waals surface area contributed by atoms with Crippen molar-refractivity contribution in [2.45, 2.75) is 32.7 Å². The number of rotatable bonds is 4. The summed E-state index contributed by atoms with van der Waals surface area (Å²) in [6.07, 6.45) is 2.26. The molecule has 110 valence electrons. The second-order valence-electron chi connectivity index (χ2n) is 5.82. The van der Waals surface area contributed by atoms with Crippen LogP contribution in [-0.2, 0) is 0 Å². The molecule has 20 heavy (non-hydrogen) atoms. The largest absolute Gasteiger partial charge is 0.358 e. The van der Waals surface area contributed by atoms with Gasteiger partial charge in [-0.1, -0.05) is 13.8 Å². The molecule has 1 aromatic rings. The van der Waals surface area contributed by atoms with E-state index in [1.54, 1.807) is 0 Å². The van der Waals surface area contributed by atoms with Gasteiger partial charge < -0.3 is 20.7 Å². The molecule has 1 unspecified atom stereocenters. The van der Waals surface area contributed by atoms with E-state index in [4.69, 9.17) is 0 Å². The molecular weight excluding hydrogens is 260 g/mol. The Morgan fingerprint density at radius 1 is 1.55 bits per heavy atom. The summed E-state index contributed by atoms with van der Waals surface area (Å²) in [6, 6.07) is 2.93. The number of carbonyl (C=O) groups is 1. The topological polar surface area (TPSA) is 100 Å². The van der Waals surface area contributed by atoms with Crippen molar-refractivity contribution in [1.29, 1.82) is 0 Å². The Hall–Kier alpha value is -1.89. The van der Waals surface area contributed by atoms with Gasteiger partial charge in [-0.15, -0.1) is 0 Å². The van der Waals surface area contributed by atoms with Gasteiger partial charge in [0.2, 0.25) is 0 Å². The maximum atomic E-state index is 11.9. The van der Waals surface area contributed by atoms with E-state index in [1.807, 2.05) is 0 Å². The predicted octanol–water partition coefficient (Wildman–Crippen LogP) is 1.43. The number of nitrogens with zero attached hydrogens (tertiary/aromatic N) is 1. The Bertz CT molecular complexity index is 509. The standard InChI is InChI=1S/C13H20N4O3/c1-13(2)6-3-7-14-10(13)8-15-12(18)9-4-5-11(16-9)17(19)20/h4-5,10,14,16H,3,6-8H2,1-2H3,(H,15,18). The van der Waals surface area contributed by atoms with E-state index in [2.05, 4.69) is 29.5 Å². The summed E-state index contributed by atoms with van der Waals surface area (Å²) in [5.74, 6) is -0.493. The summed E-state index contributed by atoms with van der Waals surface area (Å²) >= 11 is 0. The van der Waals surface area contributed by atoms with Gasteiger partial charge in [0.1, 0.15) is 0 Å². The van der Waals surface area contributed by atoms with Gasteiger partial charge in [0.15, 0.2) is 5.69 Å². The van der Waals surface area contributed by atoms with Crippen molar-refractivity contribution in [3.8, 4) is 0 Å². The predicted molar refractivity (Wildman–Crippen MR) is 74.6 cm³/mol. The molecular formula is C13H20N4O3. The summed E-state index contributed by atoms with van der Waals surface area (Å²) in [7, 11) is 0. The highest BCUT2D eigenvalue weighted by Crippen LogP contribution is 2.29. The minimum absolute atomic E-state index is 0.132. The highest BCUT2D eigenvalue weighted by atomic mass is 16.6. The molecule has 3 N–H and O–H groups in total. The van der Waals surface area contributed by atoms with Crippen LogP contribution in [-0.4, -0.2) is 34.9 Å². The number of hydrogen-bond donors (Lipinski definition) is 3. The molecule has 7 nitrogen and oxygen atoms in total. The van der Waals surface area contributed by atoms with Crippen molar-refractivity contribution < 1.29 is 9.72 Å². The van der Waals surface area contributed by atoms with E-state index in [0.717, 1.165) is 19.4 Å². The Labute approximate surface area is 117 Å². The van der Waals surface area contributed by atoms with E-state index in [9.17, 15) is 14.9 Å². The van der Waals surface area contributed by atoms with Crippen LogP contribution >= 0.6 is 0 Å². The van der Waals surface area contributed by atoms with Crippen LogP contribution in [0.2, 0.25) is 0 Å².